The third-order valence-corrected chi connectivity index (χ3v) is 5.68. The minimum Gasteiger partial charge on any atom is -0.380 e. The quantitative estimate of drug-likeness (QED) is 0.531. The Balaban J connectivity index is 1.42. The molecule has 10 heteroatoms. The van der Waals surface area contributed by atoms with Crippen molar-refractivity contribution in [3.63, 3.8) is 0 Å². The predicted molar refractivity (Wildman–Crippen MR) is 118 cm³/mol. The first-order valence-corrected chi connectivity index (χ1v) is 10.5. The van der Waals surface area contributed by atoms with E-state index in [1.54, 1.807) is 17.8 Å². The summed E-state index contributed by atoms with van der Waals surface area (Å²) in [7, 11) is 3.55. The van der Waals surface area contributed by atoms with E-state index in [1.165, 1.54) is 0 Å². The van der Waals surface area contributed by atoms with Gasteiger partial charge in [0.15, 0.2) is 5.65 Å². The fourth-order valence-electron chi connectivity index (χ4n) is 3.78. The normalized spacial score (nSPS) is 18.4. The number of anilines is 4. The number of ether oxygens (including phenoxy) is 1. The van der Waals surface area contributed by atoms with E-state index in [0.717, 1.165) is 44.0 Å². The molecule has 4 heterocycles. The Hall–Kier alpha value is -3.40. The lowest BCUT2D eigenvalue weighted by atomic mass is 10.3. The van der Waals surface area contributed by atoms with Crippen LogP contribution in [0.1, 0.15) is 29.6 Å². The third kappa shape index (κ3) is 3.98. The molecule has 1 aliphatic heterocycles. The average molecular weight is 422 g/mol. The maximum absolute atomic E-state index is 12.6. The molecule has 1 saturated heterocycles. The molecular formula is C21H26N8O2. The van der Waals surface area contributed by atoms with Gasteiger partial charge in [0, 0.05) is 39.4 Å². The standard InChI is InChI=1S/C21H26N8O2/c1-22-19-10-17(27-20-15(11-23-29(19)20)21(30)24-13-6-7-13)25-16-4-3-5-18(26-16)28-9-8-14(12-28)31-2/h3-5,10-11,13-14,22H,6-9,12H2,1-2H3,(H,24,30)(H,25,26,27)/t14-/m1/s1. The van der Waals surface area contributed by atoms with Gasteiger partial charge < -0.3 is 25.6 Å². The van der Waals surface area contributed by atoms with Crippen molar-refractivity contribution < 1.29 is 9.53 Å². The molecule has 1 atom stereocenters. The van der Waals surface area contributed by atoms with Crippen molar-refractivity contribution in [1.82, 2.24) is 24.9 Å². The van der Waals surface area contributed by atoms with Crippen molar-refractivity contribution in [2.24, 2.45) is 0 Å². The molecule has 5 rings (SSSR count). The third-order valence-electron chi connectivity index (χ3n) is 5.68. The van der Waals surface area contributed by atoms with Gasteiger partial charge in [-0.25, -0.2) is 9.97 Å². The lowest BCUT2D eigenvalue weighted by Crippen LogP contribution is -2.25. The van der Waals surface area contributed by atoms with E-state index in [9.17, 15) is 4.79 Å². The summed E-state index contributed by atoms with van der Waals surface area (Å²) in [6.45, 7) is 1.74. The number of hydrogen-bond donors (Lipinski definition) is 3. The van der Waals surface area contributed by atoms with Crippen LogP contribution >= 0.6 is 0 Å². The zero-order valence-corrected chi connectivity index (χ0v) is 17.6. The van der Waals surface area contributed by atoms with E-state index >= 15 is 0 Å². The van der Waals surface area contributed by atoms with E-state index in [2.05, 4.69) is 30.9 Å². The van der Waals surface area contributed by atoms with Gasteiger partial charge in [0.1, 0.15) is 28.8 Å². The van der Waals surface area contributed by atoms with Gasteiger partial charge >= 0.3 is 0 Å². The van der Waals surface area contributed by atoms with Crippen LogP contribution in [-0.4, -0.2) is 64.9 Å². The largest absolute Gasteiger partial charge is 0.380 e. The number of nitrogens with one attached hydrogen (secondary N) is 3. The highest BCUT2D eigenvalue weighted by Gasteiger charge is 2.26. The summed E-state index contributed by atoms with van der Waals surface area (Å²) in [6.07, 6.45) is 4.84. The van der Waals surface area contributed by atoms with Gasteiger partial charge in [-0.05, 0) is 31.4 Å². The first-order chi connectivity index (χ1) is 15.1. The van der Waals surface area contributed by atoms with Crippen molar-refractivity contribution in [1.29, 1.82) is 0 Å². The number of pyridine rings is 1. The summed E-state index contributed by atoms with van der Waals surface area (Å²) >= 11 is 0. The van der Waals surface area contributed by atoms with E-state index in [-0.39, 0.29) is 18.1 Å². The molecule has 31 heavy (non-hydrogen) atoms. The monoisotopic (exact) mass is 422 g/mol. The van der Waals surface area contributed by atoms with E-state index in [4.69, 9.17) is 9.72 Å². The molecule has 0 unspecified atom stereocenters. The van der Waals surface area contributed by atoms with Crippen LogP contribution in [0.2, 0.25) is 0 Å². The first-order valence-electron chi connectivity index (χ1n) is 10.5. The van der Waals surface area contributed by atoms with Gasteiger partial charge in [-0.2, -0.15) is 9.61 Å². The van der Waals surface area contributed by atoms with Crippen LogP contribution in [0.25, 0.3) is 5.65 Å². The number of carbonyl (C=O) groups is 1. The molecule has 2 aliphatic rings. The van der Waals surface area contributed by atoms with Gasteiger partial charge in [0.25, 0.3) is 5.91 Å². The molecule has 3 aromatic heterocycles. The summed E-state index contributed by atoms with van der Waals surface area (Å²) in [4.78, 5) is 24.2. The number of amides is 1. The number of fused-ring (bicyclic) bond motifs is 1. The molecule has 1 aliphatic carbocycles. The second-order valence-electron chi connectivity index (χ2n) is 7.92. The van der Waals surface area contributed by atoms with Gasteiger partial charge in [-0.3, -0.25) is 4.79 Å². The van der Waals surface area contributed by atoms with Crippen LogP contribution < -0.4 is 20.9 Å². The highest BCUT2D eigenvalue weighted by atomic mass is 16.5. The minimum atomic E-state index is -0.147. The van der Waals surface area contributed by atoms with E-state index in [1.807, 2.05) is 31.3 Å². The average Bonchev–Trinajstić information content (AvgIpc) is 3.29. The Bertz CT molecular complexity index is 1110. The smallest absolute Gasteiger partial charge is 0.256 e. The lowest BCUT2D eigenvalue weighted by Gasteiger charge is -2.18. The van der Waals surface area contributed by atoms with Crippen molar-refractivity contribution in [3.05, 3.63) is 36.0 Å². The van der Waals surface area contributed by atoms with Crippen LogP contribution in [0.15, 0.2) is 30.5 Å². The van der Waals surface area contributed by atoms with Gasteiger partial charge in [-0.15, -0.1) is 0 Å². The summed E-state index contributed by atoms with van der Waals surface area (Å²) in [6, 6.07) is 7.97. The Labute approximate surface area is 180 Å². The van der Waals surface area contributed by atoms with Crippen molar-refractivity contribution >= 4 is 34.8 Å². The topological polar surface area (TPSA) is 109 Å². The van der Waals surface area contributed by atoms with Crippen LogP contribution in [0.4, 0.5) is 23.3 Å². The molecule has 2 fully saturated rings. The lowest BCUT2D eigenvalue weighted by molar-refractivity contribution is 0.0952. The predicted octanol–water partition coefficient (Wildman–Crippen LogP) is 2.03. The Morgan fingerprint density at radius 3 is 2.81 bits per heavy atom. The van der Waals surface area contributed by atoms with Crippen LogP contribution in [0.5, 0.6) is 0 Å². The van der Waals surface area contributed by atoms with Crippen LogP contribution in [0.3, 0.4) is 0 Å². The molecule has 1 saturated carbocycles. The van der Waals surface area contributed by atoms with Crippen molar-refractivity contribution in [3.8, 4) is 0 Å². The summed E-state index contributed by atoms with van der Waals surface area (Å²) in [5.74, 6) is 2.73. The first kappa shape index (κ1) is 19.6. The Morgan fingerprint density at radius 2 is 2.06 bits per heavy atom. The van der Waals surface area contributed by atoms with Crippen LogP contribution in [-0.2, 0) is 4.74 Å². The molecule has 0 radical (unpaired) electrons. The zero-order valence-electron chi connectivity index (χ0n) is 17.6. The second-order valence-corrected chi connectivity index (χ2v) is 7.92. The van der Waals surface area contributed by atoms with Gasteiger partial charge in [0.05, 0.1) is 12.3 Å². The maximum Gasteiger partial charge on any atom is 0.256 e. The Morgan fingerprint density at radius 1 is 1.19 bits per heavy atom. The number of methoxy groups -OCH3 is 1. The number of hydrogen-bond acceptors (Lipinski definition) is 8. The van der Waals surface area contributed by atoms with E-state index < -0.39 is 0 Å². The molecule has 0 bridgehead atoms. The van der Waals surface area contributed by atoms with Gasteiger partial charge in [0.2, 0.25) is 0 Å². The Kier molecular flexibility index (Phi) is 5.06. The maximum atomic E-state index is 12.6. The molecule has 0 aromatic carbocycles. The molecule has 162 valence electrons. The molecule has 1 amide bonds. The molecule has 0 spiro atoms. The highest BCUT2D eigenvalue weighted by molar-refractivity contribution is 6.00. The van der Waals surface area contributed by atoms with Gasteiger partial charge in [-0.1, -0.05) is 6.07 Å². The fraction of sp³-hybridized carbons (Fsp3) is 0.429. The second kappa shape index (κ2) is 8.03. The molecule has 3 aromatic rings. The highest BCUT2D eigenvalue weighted by Crippen LogP contribution is 2.25. The number of rotatable bonds is 7. The van der Waals surface area contributed by atoms with Crippen LogP contribution in [0, 0.1) is 0 Å². The fourth-order valence-corrected chi connectivity index (χ4v) is 3.78. The van der Waals surface area contributed by atoms with Crippen molar-refractivity contribution in [2.75, 3.05) is 42.8 Å². The van der Waals surface area contributed by atoms with E-state index in [0.29, 0.717) is 22.8 Å². The molecular weight excluding hydrogens is 396 g/mol. The van der Waals surface area contributed by atoms with Crippen molar-refractivity contribution in [2.45, 2.75) is 31.4 Å². The zero-order chi connectivity index (χ0) is 21.4. The molecule has 3 N–H and O–H groups in total. The summed E-state index contributed by atoms with van der Waals surface area (Å²) in [5.41, 5.74) is 0.947. The number of nitrogens with zero attached hydrogens (tertiary/aromatic N) is 5. The SMILES string of the molecule is CNc1cc(Nc2cccc(N3CC[C@@H](OC)C3)n2)nc2c(C(=O)NC3CC3)cnn12. The number of aromatic nitrogens is 4. The molecule has 10 nitrogen and oxygen atoms in total. The summed E-state index contributed by atoms with van der Waals surface area (Å²) < 4.78 is 7.09. The number of carbonyl (C=O) groups excluding carboxylic acids is 1. The minimum absolute atomic E-state index is 0.147. The summed E-state index contributed by atoms with van der Waals surface area (Å²) in [5, 5.41) is 13.7.